The molecule has 5 heteroatoms. The second kappa shape index (κ2) is 4.17. The molecular weight excluding hydrogens is 241 g/mol. The van der Waals surface area contributed by atoms with E-state index in [1.165, 1.54) is 0 Å². The number of hydrogen-bond donors (Lipinski definition) is 0. The van der Waals surface area contributed by atoms with Gasteiger partial charge in [0.15, 0.2) is 0 Å². The molecule has 16 heavy (non-hydrogen) atoms. The maximum Gasteiger partial charge on any atom is 0.390 e. The van der Waals surface area contributed by atoms with Crippen LogP contribution >= 0.6 is 11.6 Å². The summed E-state index contributed by atoms with van der Waals surface area (Å²) >= 11 is 5.73. The van der Waals surface area contributed by atoms with Crippen molar-refractivity contribution in [3.05, 3.63) is 29.3 Å². The topological polar surface area (TPSA) is 9.23 Å². The van der Waals surface area contributed by atoms with E-state index >= 15 is 0 Å². The van der Waals surface area contributed by atoms with Crippen molar-refractivity contribution in [2.24, 2.45) is 0 Å². The van der Waals surface area contributed by atoms with Gasteiger partial charge < -0.3 is 4.74 Å². The summed E-state index contributed by atoms with van der Waals surface area (Å²) in [6.07, 6.45) is -4.51. The van der Waals surface area contributed by atoms with E-state index in [1.807, 2.05) is 0 Å². The molecule has 1 aromatic rings. The zero-order chi connectivity index (χ0) is 11.8. The zero-order valence-electron chi connectivity index (χ0n) is 8.35. The van der Waals surface area contributed by atoms with E-state index in [9.17, 15) is 13.2 Å². The van der Waals surface area contributed by atoms with Crippen molar-refractivity contribution in [1.82, 2.24) is 0 Å². The molecule has 1 atom stereocenters. The van der Waals surface area contributed by atoms with E-state index < -0.39 is 18.0 Å². The van der Waals surface area contributed by atoms with Crippen molar-refractivity contribution in [2.45, 2.75) is 24.4 Å². The largest absolute Gasteiger partial charge is 0.493 e. The second-order valence-corrected chi connectivity index (χ2v) is 4.28. The molecule has 2 rings (SSSR count). The summed E-state index contributed by atoms with van der Waals surface area (Å²) in [6.45, 7) is 0.588. The van der Waals surface area contributed by atoms with Crippen LogP contribution in [0.15, 0.2) is 18.2 Å². The van der Waals surface area contributed by atoms with Crippen molar-refractivity contribution >= 4 is 11.6 Å². The van der Waals surface area contributed by atoms with Crippen LogP contribution in [0.25, 0.3) is 0 Å². The van der Waals surface area contributed by atoms with Crippen molar-refractivity contribution in [1.29, 1.82) is 0 Å². The lowest BCUT2D eigenvalue weighted by Gasteiger charge is -2.13. The molecule has 1 aliphatic heterocycles. The van der Waals surface area contributed by atoms with Gasteiger partial charge in [0.1, 0.15) is 5.75 Å². The van der Waals surface area contributed by atoms with E-state index in [0.717, 1.165) is 17.7 Å². The first-order chi connectivity index (χ1) is 7.46. The molecule has 0 bridgehead atoms. The van der Waals surface area contributed by atoms with Crippen molar-refractivity contribution in [3.63, 3.8) is 0 Å². The fraction of sp³-hybridized carbons (Fsp3) is 0.455. The number of benzene rings is 1. The number of alkyl halides is 4. The summed E-state index contributed by atoms with van der Waals surface area (Å²) in [5.74, 6) is 0.750. The Balaban J connectivity index is 2.15. The van der Waals surface area contributed by atoms with Gasteiger partial charge in [-0.3, -0.25) is 0 Å². The van der Waals surface area contributed by atoms with Gasteiger partial charge in [-0.05, 0) is 17.2 Å². The summed E-state index contributed by atoms with van der Waals surface area (Å²) in [5.41, 5.74) is 1.44. The lowest BCUT2D eigenvalue weighted by molar-refractivity contribution is -0.134. The van der Waals surface area contributed by atoms with Gasteiger partial charge in [0.25, 0.3) is 0 Å². The fourth-order valence-electron chi connectivity index (χ4n) is 1.72. The Hall–Kier alpha value is -0.900. The molecule has 0 radical (unpaired) electrons. The highest BCUT2D eigenvalue weighted by Crippen LogP contribution is 2.36. The Labute approximate surface area is 96.2 Å². The molecule has 0 saturated heterocycles. The van der Waals surface area contributed by atoms with Crippen LogP contribution in [0.4, 0.5) is 13.2 Å². The van der Waals surface area contributed by atoms with Gasteiger partial charge in [-0.1, -0.05) is 12.1 Å². The van der Waals surface area contributed by atoms with E-state index in [4.69, 9.17) is 16.3 Å². The van der Waals surface area contributed by atoms with Crippen LogP contribution in [0, 0.1) is 0 Å². The second-order valence-electron chi connectivity index (χ2n) is 3.75. The van der Waals surface area contributed by atoms with E-state index in [-0.39, 0.29) is 0 Å². The van der Waals surface area contributed by atoms with Gasteiger partial charge in [0, 0.05) is 6.42 Å². The first-order valence-corrected chi connectivity index (χ1v) is 5.36. The molecule has 1 aliphatic rings. The quantitative estimate of drug-likeness (QED) is 0.725. The van der Waals surface area contributed by atoms with Crippen LogP contribution in [0.2, 0.25) is 0 Å². The standard InChI is InChI=1S/C11H10ClF3O/c12-9(6-11(13,14)15)7-1-2-10-8(5-7)3-4-16-10/h1-2,5,9H,3-4,6H2. The summed E-state index contributed by atoms with van der Waals surface area (Å²) in [6, 6.07) is 4.97. The highest BCUT2D eigenvalue weighted by Gasteiger charge is 2.32. The van der Waals surface area contributed by atoms with Crippen LogP contribution < -0.4 is 4.74 Å². The van der Waals surface area contributed by atoms with Gasteiger partial charge in [-0.15, -0.1) is 11.6 Å². The van der Waals surface area contributed by atoms with Crippen LogP contribution in [0.5, 0.6) is 5.75 Å². The zero-order valence-corrected chi connectivity index (χ0v) is 9.11. The molecule has 0 N–H and O–H groups in total. The van der Waals surface area contributed by atoms with Crippen LogP contribution in [0.1, 0.15) is 22.9 Å². The van der Waals surface area contributed by atoms with Crippen LogP contribution in [-0.4, -0.2) is 12.8 Å². The number of ether oxygens (including phenoxy) is 1. The minimum atomic E-state index is -4.23. The SMILES string of the molecule is FC(F)(F)CC(Cl)c1ccc2c(c1)CCO2. The lowest BCUT2D eigenvalue weighted by Crippen LogP contribution is -2.10. The Morgan fingerprint density at radius 2 is 2.12 bits per heavy atom. The van der Waals surface area contributed by atoms with Gasteiger partial charge in [0.2, 0.25) is 0 Å². The van der Waals surface area contributed by atoms with E-state index in [0.29, 0.717) is 12.2 Å². The van der Waals surface area contributed by atoms with Crippen molar-refractivity contribution in [3.8, 4) is 5.75 Å². The number of rotatable bonds is 2. The molecule has 0 fully saturated rings. The number of halogens is 4. The first-order valence-electron chi connectivity index (χ1n) is 4.92. The molecule has 1 nitrogen and oxygen atoms in total. The number of fused-ring (bicyclic) bond motifs is 1. The summed E-state index contributed by atoms with van der Waals surface area (Å²) < 4.78 is 41.7. The van der Waals surface area contributed by atoms with Gasteiger partial charge in [-0.2, -0.15) is 13.2 Å². The minimum Gasteiger partial charge on any atom is -0.493 e. The monoisotopic (exact) mass is 250 g/mol. The minimum absolute atomic E-state index is 0.503. The molecule has 0 aromatic heterocycles. The van der Waals surface area contributed by atoms with Crippen molar-refractivity contribution in [2.75, 3.05) is 6.61 Å². The average molecular weight is 251 g/mol. The molecule has 0 aliphatic carbocycles. The summed E-state index contributed by atoms with van der Waals surface area (Å²) in [4.78, 5) is 0. The molecular formula is C11H10ClF3O. The predicted molar refractivity (Wildman–Crippen MR) is 54.9 cm³/mol. The van der Waals surface area contributed by atoms with Crippen LogP contribution in [0.3, 0.4) is 0 Å². The highest BCUT2D eigenvalue weighted by atomic mass is 35.5. The van der Waals surface area contributed by atoms with Crippen molar-refractivity contribution < 1.29 is 17.9 Å². The normalized spacial score (nSPS) is 16.8. The molecule has 1 aromatic carbocycles. The van der Waals surface area contributed by atoms with E-state index in [2.05, 4.69) is 0 Å². The molecule has 0 spiro atoms. The predicted octanol–water partition coefficient (Wildman–Crippen LogP) is 3.85. The lowest BCUT2D eigenvalue weighted by atomic mass is 10.0. The smallest absolute Gasteiger partial charge is 0.390 e. The van der Waals surface area contributed by atoms with Gasteiger partial charge in [-0.25, -0.2) is 0 Å². The third kappa shape index (κ3) is 2.61. The third-order valence-corrected chi connectivity index (χ3v) is 2.89. The summed E-state index contributed by atoms with van der Waals surface area (Å²) in [5, 5.41) is -1.02. The Morgan fingerprint density at radius 1 is 1.38 bits per heavy atom. The van der Waals surface area contributed by atoms with Gasteiger partial charge >= 0.3 is 6.18 Å². The maximum absolute atomic E-state index is 12.2. The Kier molecular flexibility index (Phi) is 3.02. The Bertz CT molecular complexity index is 389. The van der Waals surface area contributed by atoms with Crippen LogP contribution in [-0.2, 0) is 6.42 Å². The highest BCUT2D eigenvalue weighted by molar-refractivity contribution is 6.20. The fourth-order valence-corrected chi connectivity index (χ4v) is 2.03. The van der Waals surface area contributed by atoms with Gasteiger partial charge in [0.05, 0.1) is 18.4 Å². The number of hydrogen-bond acceptors (Lipinski definition) is 1. The first kappa shape index (κ1) is 11.6. The average Bonchev–Trinajstić information content (AvgIpc) is 2.61. The molecule has 0 saturated carbocycles. The maximum atomic E-state index is 12.2. The Morgan fingerprint density at radius 3 is 2.81 bits per heavy atom. The molecule has 0 amide bonds. The molecule has 1 heterocycles. The molecule has 88 valence electrons. The van der Waals surface area contributed by atoms with E-state index in [1.54, 1.807) is 18.2 Å². The molecule has 1 unspecified atom stereocenters. The summed E-state index contributed by atoms with van der Waals surface area (Å²) in [7, 11) is 0. The third-order valence-electron chi connectivity index (χ3n) is 2.49.